The number of hydrogen-bond donors (Lipinski definition) is 2. The summed E-state index contributed by atoms with van der Waals surface area (Å²) in [7, 11) is -0.287. The molecule has 3 aliphatic rings. The average molecular weight is 809 g/mol. The number of hydrogen-bond acceptors (Lipinski definition) is 10. The van der Waals surface area contributed by atoms with Crippen LogP contribution in [0.1, 0.15) is 135 Å². The summed E-state index contributed by atoms with van der Waals surface area (Å²) >= 11 is 0. The Morgan fingerprint density at radius 1 is 1.05 bits per heavy atom. The Balaban J connectivity index is 0.00000138. The summed E-state index contributed by atoms with van der Waals surface area (Å²) in [5.74, 6) is 1.62. The first-order valence-electron chi connectivity index (χ1n) is 20.9. The lowest BCUT2D eigenvalue weighted by atomic mass is 9.46. The van der Waals surface area contributed by atoms with Crippen molar-refractivity contribution in [3.05, 3.63) is 82.0 Å². The van der Waals surface area contributed by atoms with Gasteiger partial charge in [-0.15, -0.1) is 10.3 Å². The first-order chi connectivity index (χ1) is 27.4. The Kier molecular flexibility index (Phi) is 17.9. The second-order valence-electron chi connectivity index (χ2n) is 15.4. The topological polar surface area (TPSA) is 152 Å². The maximum Gasteiger partial charge on any atom is 0.345 e. The second-order valence-corrected chi connectivity index (χ2v) is 18.8. The van der Waals surface area contributed by atoms with Crippen molar-refractivity contribution in [2.24, 2.45) is 23.2 Å². The standard InChI is InChI=1S/C41H52N2O7S.2C2H6.CH4O/c1-7-9-20-51(6,21-10-8-2)50-31-17-18-40(4)30(26(31)3)22-34(48-38(45)28-15-13-27(24-42)14-16-28)41(5)37(40)36(44)35-33(49-41)23-32(47-39(35)46)29-12-11-19-43-25-29;3*1-2/h11-16,19,23,25-26,30-31,34,36-37,44H,7-10,17-18,20-22H2,1-6H3;2*1-2H3;2H,1H3. The molecule has 8 unspecified atom stereocenters. The zero-order valence-corrected chi connectivity index (χ0v) is 37.0. The number of carbonyl (C=O) groups excluding carboxylic acids is 1. The Morgan fingerprint density at radius 2 is 1.68 bits per heavy atom. The fourth-order valence-electron chi connectivity index (χ4n) is 9.22. The molecular formula is C46H68N2O8S. The molecular weight excluding hydrogens is 741 g/mol. The van der Waals surface area contributed by atoms with Gasteiger partial charge >= 0.3 is 11.6 Å². The van der Waals surface area contributed by atoms with Gasteiger partial charge in [-0.25, -0.2) is 9.59 Å². The zero-order chi connectivity index (χ0) is 42.6. The van der Waals surface area contributed by atoms with Gasteiger partial charge in [0.05, 0.1) is 29.4 Å². The minimum Gasteiger partial charge on any atom is -0.482 e. The molecule has 2 saturated carbocycles. The van der Waals surface area contributed by atoms with Gasteiger partial charge in [-0.05, 0) is 110 Å². The van der Waals surface area contributed by atoms with Crippen molar-refractivity contribution < 1.29 is 33.1 Å². The number of nitriles is 1. The number of fused-ring (bicyclic) bond motifs is 4. The van der Waals surface area contributed by atoms with E-state index in [1.807, 2.05) is 34.6 Å². The highest BCUT2D eigenvalue weighted by atomic mass is 32.3. The molecule has 8 atom stereocenters. The predicted octanol–water partition coefficient (Wildman–Crippen LogP) is 10.1. The molecule has 6 rings (SSSR count). The van der Waals surface area contributed by atoms with Gasteiger partial charge in [0, 0.05) is 37.1 Å². The molecule has 3 aromatic rings. The zero-order valence-electron chi connectivity index (χ0n) is 36.2. The van der Waals surface area contributed by atoms with Crippen LogP contribution in [0.25, 0.3) is 11.3 Å². The molecule has 0 saturated heterocycles. The van der Waals surface area contributed by atoms with E-state index >= 15 is 0 Å². The number of unbranched alkanes of at least 4 members (excludes halogenated alkanes) is 2. The third-order valence-corrected chi connectivity index (χ3v) is 15.0. The van der Waals surface area contributed by atoms with E-state index in [0.29, 0.717) is 23.1 Å². The molecule has 0 radical (unpaired) electrons. The summed E-state index contributed by atoms with van der Waals surface area (Å²) in [5.41, 5.74) is -0.866. The lowest BCUT2D eigenvalue weighted by Gasteiger charge is -2.64. The summed E-state index contributed by atoms with van der Waals surface area (Å²) in [6.07, 6.45) is 10.2. The van der Waals surface area contributed by atoms with Crippen LogP contribution < -0.4 is 10.4 Å². The van der Waals surface area contributed by atoms with Crippen molar-refractivity contribution in [3.63, 3.8) is 0 Å². The summed E-state index contributed by atoms with van der Waals surface area (Å²) in [6, 6.07) is 13.6. The van der Waals surface area contributed by atoms with Crippen LogP contribution >= 0.6 is 10.3 Å². The number of aliphatic hydroxyl groups excluding tert-OH is 2. The summed E-state index contributed by atoms with van der Waals surface area (Å²) < 4.78 is 26.3. The van der Waals surface area contributed by atoms with E-state index in [2.05, 4.69) is 45.0 Å². The van der Waals surface area contributed by atoms with E-state index in [4.69, 9.17) is 23.2 Å². The fraction of sp³-hybridized carbons (Fsp3) is 0.609. The Morgan fingerprint density at radius 3 is 2.25 bits per heavy atom. The van der Waals surface area contributed by atoms with Gasteiger partial charge in [-0.2, -0.15) is 5.26 Å². The number of aliphatic hydroxyl groups is 2. The van der Waals surface area contributed by atoms with E-state index in [1.54, 1.807) is 54.9 Å². The molecule has 11 heteroatoms. The molecule has 316 valence electrons. The SMILES string of the molecule is CC.CC.CCCCS(C)(CCCC)OC1CCC2(C)C(CC(OC(=O)c3ccc(C#N)cc3)C3(C)Oc4cc(-c5cccnc5)oc(=O)c4C(O)C23)C1C.CO. The van der Waals surface area contributed by atoms with Crippen molar-refractivity contribution in [2.75, 3.05) is 24.9 Å². The molecule has 10 nitrogen and oxygen atoms in total. The van der Waals surface area contributed by atoms with E-state index in [9.17, 15) is 20.0 Å². The van der Waals surface area contributed by atoms with Crippen molar-refractivity contribution in [1.29, 1.82) is 5.26 Å². The third kappa shape index (κ3) is 10.1. The van der Waals surface area contributed by atoms with Gasteiger partial charge < -0.3 is 28.3 Å². The van der Waals surface area contributed by atoms with Gasteiger partial charge in [0.25, 0.3) is 0 Å². The average Bonchev–Trinajstić information content (AvgIpc) is 3.23. The molecule has 1 aromatic carbocycles. The monoisotopic (exact) mass is 808 g/mol. The van der Waals surface area contributed by atoms with Crippen molar-refractivity contribution in [1.82, 2.24) is 4.98 Å². The summed E-state index contributed by atoms with van der Waals surface area (Å²) in [5, 5.41) is 28.7. The van der Waals surface area contributed by atoms with Crippen LogP contribution in [0.15, 0.2) is 64.1 Å². The summed E-state index contributed by atoms with van der Waals surface area (Å²) in [6.45, 7) is 18.8. The quantitative estimate of drug-likeness (QED) is 0.179. The van der Waals surface area contributed by atoms with E-state index in [1.165, 1.54) is 0 Å². The Hall–Kier alpha value is -3.69. The Labute approximate surface area is 342 Å². The molecule has 2 N–H and O–H groups in total. The molecule has 2 aromatic heterocycles. The molecule has 2 fully saturated rings. The smallest absolute Gasteiger partial charge is 0.345 e. The maximum absolute atomic E-state index is 13.8. The molecule has 2 aliphatic carbocycles. The van der Waals surface area contributed by atoms with Crippen molar-refractivity contribution in [3.8, 4) is 23.1 Å². The van der Waals surface area contributed by atoms with Crippen molar-refractivity contribution >= 4 is 16.3 Å². The minimum atomic E-state index is -1.29. The number of pyridine rings is 1. The first kappa shape index (κ1) is 47.7. The normalized spacial score (nSPS) is 27.3. The highest BCUT2D eigenvalue weighted by molar-refractivity contribution is 8.29. The lowest BCUT2D eigenvalue weighted by molar-refractivity contribution is -0.240. The second kappa shape index (κ2) is 21.4. The molecule has 1 aliphatic heterocycles. The van der Waals surface area contributed by atoms with Gasteiger partial charge in [0.1, 0.15) is 28.8 Å². The predicted molar refractivity (Wildman–Crippen MR) is 229 cm³/mol. The van der Waals surface area contributed by atoms with Gasteiger partial charge in [-0.3, -0.25) is 4.98 Å². The van der Waals surface area contributed by atoms with E-state index < -0.39 is 51.0 Å². The largest absolute Gasteiger partial charge is 0.482 e. The highest BCUT2D eigenvalue weighted by Crippen LogP contribution is 2.66. The molecule has 57 heavy (non-hydrogen) atoms. The molecule has 0 spiro atoms. The number of ether oxygens (including phenoxy) is 2. The van der Waals surface area contributed by atoms with Gasteiger partial charge in [-0.1, -0.05) is 68.2 Å². The third-order valence-electron chi connectivity index (χ3n) is 12.0. The molecule has 0 amide bonds. The van der Waals surface area contributed by atoms with Crippen LogP contribution in [0.3, 0.4) is 0 Å². The highest BCUT2D eigenvalue weighted by Gasteiger charge is 2.68. The van der Waals surface area contributed by atoms with E-state index in [0.717, 1.165) is 57.1 Å². The van der Waals surface area contributed by atoms with Crippen LogP contribution in [0.4, 0.5) is 0 Å². The number of benzene rings is 1. The van der Waals surface area contributed by atoms with Gasteiger partial charge in [0.2, 0.25) is 0 Å². The van der Waals surface area contributed by atoms with Crippen LogP contribution in [0, 0.1) is 34.5 Å². The van der Waals surface area contributed by atoms with Crippen molar-refractivity contribution in [2.45, 2.75) is 131 Å². The minimum absolute atomic E-state index is 0.00408. The van der Waals surface area contributed by atoms with Crippen LogP contribution in [0.5, 0.6) is 5.75 Å². The number of esters is 1. The number of nitrogens with zero attached hydrogens (tertiary/aromatic N) is 2. The lowest BCUT2D eigenvalue weighted by Crippen LogP contribution is -2.69. The van der Waals surface area contributed by atoms with Gasteiger partial charge in [0.15, 0.2) is 0 Å². The number of rotatable bonds is 11. The maximum atomic E-state index is 13.8. The fourth-order valence-corrected chi connectivity index (χ4v) is 12.3. The first-order valence-corrected chi connectivity index (χ1v) is 23.2. The van der Waals surface area contributed by atoms with E-state index in [-0.39, 0.29) is 35.0 Å². The summed E-state index contributed by atoms with van der Waals surface area (Å²) in [4.78, 5) is 31.7. The van der Waals surface area contributed by atoms with Crippen LogP contribution in [-0.4, -0.2) is 63.8 Å². The molecule has 3 heterocycles. The van der Waals surface area contributed by atoms with Crippen LogP contribution in [-0.2, 0) is 8.92 Å². The van der Waals surface area contributed by atoms with Crippen LogP contribution in [0.2, 0.25) is 0 Å². The Bertz CT molecular complexity index is 1800. The molecule has 0 bridgehead atoms. The number of carbonyl (C=O) groups is 1. The number of aromatic nitrogens is 1.